The van der Waals surface area contributed by atoms with Gasteiger partial charge in [-0.1, -0.05) is 74.2 Å². The molecule has 5 aromatic rings. The highest BCUT2D eigenvalue weighted by Crippen LogP contribution is 2.38. The largest absolute Gasteiger partial charge is 0.438 e. The van der Waals surface area contributed by atoms with Crippen LogP contribution in [0.15, 0.2) is 81.4 Å². The summed E-state index contributed by atoms with van der Waals surface area (Å²) in [7, 11) is 1.75. The molecule has 0 atom stereocenters. The lowest BCUT2D eigenvalue weighted by molar-refractivity contribution is -0.113. The number of aryl methyl sites for hydroxylation is 2. The zero-order chi connectivity index (χ0) is 32.2. The van der Waals surface area contributed by atoms with Crippen molar-refractivity contribution in [3.8, 4) is 17.3 Å². The first kappa shape index (κ1) is 30.3. The van der Waals surface area contributed by atoms with E-state index in [0.29, 0.717) is 22.8 Å². The van der Waals surface area contributed by atoms with E-state index in [1.165, 1.54) is 20.1 Å². The van der Waals surface area contributed by atoms with Crippen LogP contribution in [-0.4, -0.2) is 29.0 Å². The van der Waals surface area contributed by atoms with Crippen LogP contribution in [0.4, 0.5) is 5.69 Å². The first-order valence-electron chi connectivity index (χ1n) is 14.4. The maximum absolute atomic E-state index is 14.0. The number of hydrogen-bond acceptors (Lipinski definition) is 7. The van der Waals surface area contributed by atoms with E-state index in [4.69, 9.17) is 21.9 Å². The number of anilines is 1. The third-order valence-electron chi connectivity index (χ3n) is 7.86. The van der Waals surface area contributed by atoms with Crippen LogP contribution in [-0.2, 0) is 11.8 Å². The van der Waals surface area contributed by atoms with Crippen LogP contribution in [0, 0.1) is 20.8 Å². The van der Waals surface area contributed by atoms with Crippen LogP contribution in [0.2, 0.25) is 0 Å². The summed E-state index contributed by atoms with van der Waals surface area (Å²) in [5, 5.41) is 0. The Morgan fingerprint density at radius 3 is 2.40 bits per heavy atom. The molecule has 2 aromatic carbocycles. The van der Waals surface area contributed by atoms with Crippen molar-refractivity contribution in [1.82, 2.24) is 18.7 Å². The van der Waals surface area contributed by atoms with Gasteiger partial charge < -0.3 is 4.74 Å². The Balaban J connectivity index is 1.50. The van der Waals surface area contributed by atoms with Gasteiger partial charge in [0, 0.05) is 13.2 Å². The number of rotatable bonds is 6. The molecule has 45 heavy (non-hydrogen) atoms. The first-order chi connectivity index (χ1) is 21.5. The molecule has 228 valence electrons. The molecule has 1 aliphatic rings. The minimum atomic E-state index is -0.505. The highest BCUT2D eigenvalue weighted by atomic mass is 32.2. The number of thiocarbonyl (C=S) groups is 1. The normalized spacial score (nSPS) is 14.4. The Morgan fingerprint density at radius 1 is 0.956 bits per heavy atom. The zero-order valence-electron chi connectivity index (χ0n) is 25.7. The molecular formula is C34H31N5O4S2. The lowest BCUT2D eigenvalue weighted by atomic mass is 10.0. The minimum absolute atomic E-state index is 0.0781. The molecule has 0 saturated carbocycles. The van der Waals surface area contributed by atoms with Crippen molar-refractivity contribution in [3.63, 3.8) is 0 Å². The van der Waals surface area contributed by atoms with Gasteiger partial charge in [-0.25, -0.2) is 4.68 Å². The summed E-state index contributed by atoms with van der Waals surface area (Å²) in [5.74, 6) is 0.305. The maximum atomic E-state index is 14.0. The number of amides is 1. The van der Waals surface area contributed by atoms with Crippen molar-refractivity contribution < 1.29 is 9.53 Å². The summed E-state index contributed by atoms with van der Waals surface area (Å²) in [6.45, 7) is 9.73. The molecule has 9 nitrogen and oxygen atoms in total. The number of carbonyl (C=O) groups excluding carboxylic acids is 1. The molecule has 1 fully saturated rings. The zero-order valence-corrected chi connectivity index (χ0v) is 27.3. The molecule has 6 rings (SSSR count). The van der Waals surface area contributed by atoms with Crippen molar-refractivity contribution >= 4 is 51.6 Å². The van der Waals surface area contributed by atoms with Gasteiger partial charge in [0.05, 0.1) is 16.3 Å². The van der Waals surface area contributed by atoms with Crippen LogP contribution in [0.5, 0.6) is 11.6 Å². The van der Waals surface area contributed by atoms with Crippen LogP contribution >= 0.6 is 24.0 Å². The molecule has 0 radical (unpaired) electrons. The van der Waals surface area contributed by atoms with Crippen LogP contribution in [0.3, 0.4) is 0 Å². The average molecular weight is 638 g/mol. The predicted octanol–water partition coefficient (Wildman–Crippen LogP) is 6.43. The number of ether oxygens (including phenoxy) is 1. The number of pyridine rings is 1. The van der Waals surface area contributed by atoms with Crippen LogP contribution in [0.25, 0.3) is 17.4 Å². The third-order valence-corrected chi connectivity index (χ3v) is 9.17. The molecule has 11 heteroatoms. The molecular weight excluding hydrogens is 607 g/mol. The van der Waals surface area contributed by atoms with Gasteiger partial charge in [0.1, 0.15) is 22.6 Å². The van der Waals surface area contributed by atoms with Gasteiger partial charge in [0.2, 0.25) is 5.88 Å². The van der Waals surface area contributed by atoms with E-state index in [1.807, 2.05) is 68.4 Å². The molecule has 0 N–H and O–H groups in total. The van der Waals surface area contributed by atoms with E-state index in [2.05, 4.69) is 13.8 Å². The fraction of sp³-hybridized carbons (Fsp3) is 0.206. The molecule has 0 spiro atoms. The number of carbonyl (C=O) groups is 1. The standard InChI is InChI=1S/C34H31N5O4S2/c1-19(2)24-15-14-20(3)17-26(24)43-30-25(31(40)37-16-10-11-21(4)29(37)35-30)18-27-32(41)38(34(44)45-27)28-22(5)36(6)39(33(28)42)23-12-8-7-9-13-23/h7-19H,1-6H3/b27-18+. The summed E-state index contributed by atoms with van der Waals surface area (Å²) in [6.07, 6.45) is 3.10. The summed E-state index contributed by atoms with van der Waals surface area (Å²) < 4.78 is 11.2. The Kier molecular flexibility index (Phi) is 7.84. The van der Waals surface area contributed by atoms with Crippen LogP contribution in [0.1, 0.15) is 47.7 Å². The Labute approximate surface area is 269 Å². The second-order valence-corrected chi connectivity index (χ2v) is 12.9. The molecule has 0 bridgehead atoms. The minimum Gasteiger partial charge on any atom is -0.438 e. The summed E-state index contributed by atoms with van der Waals surface area (Å²) in [4.78, 5) is 47.9. The van der Waals surface area contributed by atoms with E-state index in [9.17, 15) is 14.4 Å². The molecule has 4 heterocycles. The summed E-state index contributed by atoms with van der Waals surface area (Å²) in [5.41, 5.74) is 3.89. The highest BCUT2D eigenvalue weighted by Gasteiger charge is 2.38. The number of benzene rings is 2. The SMILES string of the molecule is Cc1ccc(C(C)C)c(Oc2nc3c(C)cccn3c(=O)c2/C=C2/SC(=S)N(c3c(C)n(C)n(-c4ccccc4)c3=O)C2=O)c1. The fourth-order valence-corrected chi connectivity index (χ4v) is 6.66. The number of nitrogens with zero attached hydrogens (tertiary/aromatic N) is 5. The van der Waals surface area contributed by atoms with E-state index >= 15 is 0 Å². The molecule has 1 saturated heterocycles. The molecule has 3 aromatic heterocycles. The number of hydrogen-bond donors (Lipinski definition) is 0. The van der Waals surface area contributed by atoms with E-state index < -0.39 is 11.5 Å². The Hall–Kier alpha value is -4.74. The molecule has 0 unspecified atom stereocenters. The van der Waals surface area contributed by atoms with Crippen molar-refractivity contribution in [2.75, 3.05) is 4.90 Å². The smallest absolute Gasteiger partial charge is 0.296 e. The van der Waals surface area contributed by atoms with Gasteiger partial charge in [-0.3, -0.25) is 28.4 Å². The van der Waals surface area contributed by atoms with E-state index in [1.54, 1.807) is 30.9 Å². The number of para-hydroxylation sites is 1. The van der Waals surface area contributed by atoms with Crippen molar-refractivity contribution in [1.29, 1.82) is 0 Å². The number of aromatic nitrogens is 4. The highest BCUT2D eigenvalue weighted by molar-refractivity contribution is 8.27. The number of thioether (sulfide) groups is 1. The summed E-state index contributed by atoms with van der Waals surface area (Å²) in [6, 6.07) is 18.7. The lowest BCUT2D eigenvalue weighted by Gasteiger charge is -2.16. The number of fused-ring (bicyclic) bond motifs is 1. The quantitative estimate of drug-likeness (QED) is 0.157. The topological polar surface area (TPSA) is 90.8 Å². The van der Waals surface area contributed by atoms with Gasteiger partial charge >= 0.3 is 0 Å². The monoisotopic (exact) mass is 637 g/mol. The second kappa shape index (κ2) is 11.6. The lowest BCUT2D eigenvalue weighted by Crippen LogP contribution is -2.33. The van der Waals surface area contributed by atoms with E-state index in [0.717, 1.165) is 28.5 Å². The van der Waals surface area contributed by atoms with Gasteiger partial charge in [-0.2, -0.15) is 4.98 Å². The van der Waals surface area contributed by atoms with Gasteiger partial charge in [0.25, 0.3) is 17.0 Å². The molecule has 1 amide bonds. The van der Waals surface area contributed by atoms with Gasteiger partial charge in [-0.15, -0.1) is 0 Å². The average Bonchev–Trinajstić information content (AvgIpc) is 3.39. The van der Waals surface area contributed by atoms with Gasteiger partial charge in [-0.05, 0) is 73.7 Å². The molecule has 0 aliphatic carbocycles. The van der Waals surface area contributed by atoms with Crippen molar-refractivity contribution in [2.45, 2.75) is 40.5 Å². The maximum Gasteiger partial charge on any atom is 0.296 e. The van der Waals surface area contributed by atoms with Gasteiger partial charge in [0.15, 0.2) is 4.32 Å². The third kappa shape index (κ3) is 5.21. The molecule has 1 aliphatic heterocycles. The Morgan fingerprint density at radius 2 is 1.69 bits per heavy atom. The first-order valence-corrected chi connectivity index (χ1v) is 15.6. The predicted molar refractivity (Wildman–Crippen MR) is 183 cm³/mol. The second-order valence-electron chi connectivity index (χ2n) is 11.2. The summed E-state index contributed by atoms with van der Waals surface area (Å²) >= 11 is 6.67. The van der Waals surface area contributed by atoms with E-state index in [-0.39, 0.29) is 37.8 Å². The van der Waals surface area contributed by atoms with Crippen molar-refractivity contribution in [3.05, 3.63) is 120 Å². The Bertz CT molecular complexity index is 2180. The van der Waals surface area contributed by atoms with Crippen molar-refractivity contribution in [2.24, 2.45) is 7.05 Å². The fourth-order valence-electron chi connectivity index (χ4n) is 5.41. The van der Waals surface area contributed by atoms with Crippen LogP contribution < -0.4 is 20.8 Å².